The Kier molecular flexibility index (Phi) is 9.85. The Morgan fingerprint density at radius 2 is 1.71 bits per heavy atom. The van der Waals surface area contributed by atoms with E-state index in [1.54, 1.807) is 57.2 Å². The van der Waals surface area contributed by atoms with Crippen molar-refractivity contribution >= 4 is 29.5 Å². The standard InChI is InChI=1S/C32H41FN4O5/c1-21(38)24-8-5-9-26(18-24)34-30(40)35-28-20-37(31(41)42-32(2,3)4)16-14-27(28)29(39)36-15-6-7-23(19-36)17-22-10-12-25(33)13-11-22/h5,8-13,18,23,27-28H,6-7,14-17,19-20H2,1-4H3,(H2,34,35,40)/t23-,27?,28?/m0/s1. The fourth-order valence-electron chi connectivity index (χ4n) is 5.66. The van der Waals surface area contributed by atoms with E-state index in [9.17, 15) is 23.6 Å². The summed E-state index contributed by atoms with van der Waals surface area (Å²) in [6.07, 6.45) is 2.47. The molecular formula is C32H41FN4O5. The second kappa shape index (κ2) is 13.4. The van der Waals surface area contributed by atoms with Gasteiger partial charge in [0.2, 0.25) is 5.91 Å². The lowest BCUT2D eigenvalue weighted by molar-refractivity contribution is -0.139. The zero-order valence-electron chi connectivity index (χ0n) is 24.8. The maximum Gasteiger partial charge on any atom is 0.410 e. The number of nitrogens with one attached hydrogen (secondary N) is 2. The van der Waals surface area contributed by atoms with Gasteiger partial charge in [0.15, 0.2) is 5.78 Å². The first-order chi connectivity index (χ1) is 19.9. The van der Waals surface area contributed by atoms with Crippen molar-refractivity contribution in [2.75, 3.05) is 31.5 Å². The van der Waals surface area contributed by atoms with Crippen molar-refractivity contribution in [2.45, 2.75) is 65.0 Å². The van der Waals surface area contributed by atoms with Gasteiger partial charge in [-0.25, -0.2) is 14.0 Å². The van der Waals surface area contributed by atoms with Crippen molar-refractivity contribution in [1.82, 2.24) is 15.1 Å². The molecule has 42 heavy (non-hydrogen) atoms. The van der Waals surface area contributed by atoms with Crippen molar-refractivity contribution in [3.05, 3.63) is 65.5 Å². The number of carbonyl (C=O) groups excluding carboxylic acids is 4. The van der Waals surface area contributed by atoms with Crippen molar-refractivity contribution in [3.63, 3.8) is 0 Å². The van der Waals surface area contributed by atoms with Crippen LogP contribution in [0.3, 0.4) is 0 Å². The Balaban J connectivity index is 1.46. The number of urea groups is 1. The summed E-state index contributed by atoms with van der Waals surface area (Å²) in [7, 11) is 0. The van der Waals surface area contributed by atoms with E-state index in [-0.39, 0.29) is 30.0 Å². The highest BCUT2D eigenvalue weighted by Gasteiger charge is 2.40. The van der Waals surface area contributed by atoms with Crippen LogP contribution in [0, 0.1) is 17.7 Å². The minimum atomic E-state index is -0.681. The summed E-state index contributed by atoms with van der Waals surface area (Å²) in [4.78, 5) is 55.1. The number of likely N-dealkylation sites (tertiary alicyclic amines) is 2. The number of piperidine rings is 2. The van der Waals surface area contributed by atoms with Gasteiger partial charge in [-0.1, -0.05) is 24.3 Å². The molecule has 2 aliphatic rings. The second-order valence-electron chi connectivity index (χ2n) is 12.3. The molecule has 2 saturated heterocycles. The van der Waals surface area contributed by atoms with E-state index >= 15 is 0 Å². The summed E-state index contributed by atoms with van der Waals surface area (Å²) < 4.78 is 18.9. The first-order valence-corrected chi connectivity index (χ1v) is 14.6. The van der Waals surface area contributed by atoms with Gasteiger partial charge in [-0.15, -0.1) is 0 Å². The SMILES string of the molecule is CC(=O)c1cccc(NC(=O)NC2CN(C(=O)OC(C)(C)C)CCC2C(=O)N2CCC[C@@H](Cc3ccc(F)cc3)C2)c1. The number of benzene rings is 2. The molecule has 0 spiro atoms. The molecule has 2 unspecified atom stereocenters. The van der Waals surface area contributed by atoms with Crippen LogP contribution in [0.4, 0.5) is 19.7 Å². The van der Waals surface area contributed by atoms with E-state index in [1.807, 2.05) is 4.90 Å². The van der Waals surface area contributed by atoms with Gasteiger partial charge in [0.1, 0.15) is 11.4 Å². The number of carbonyl (C=O) groups is 4. The molecular weight excluding hydrogens is 539 g/mol. The third kappa shape index (κ3) is 8.53. The molecule has 2 aliphatic heterocycles. The maximum atomic E-state index is 13.9. The van der Waals surface area contributed by atoms with Crippen LogP contribution in [-0.4, -0.2) is 71.4 Å². The molecule has 2 N–H and O–H groups in total. The highest BCUT2D eigenvalue weighted by Crippen LogP contribution is 2.27. The molecule has 0 bridgehead atoms. The lowest BCUT2D eigenvalue weighted by atomic mass is 9.87. The predicted molar refractivity (Wildman–Crippen MR) is 158 cm³/mol. The number of hydrogen-bond acceptors (Lipinski definition) is 5. The fraction of sp³-hybridized carbons (Fsp3) is 0.500. The number of anilines is 1. The Hall–Kier alpha value is -3.95. The molecule has 4 rings (SSSR count). The molecule has 4 amide bonds. The van der Waals surface area contributed by atoms with Gasteiger partial charge >= 0.3 is 12.1 Å². The summed E-state index contributed by atoms with van der Waals surface area (Å²) in [6.45, 7) is 8.49. The van der Waals surface area contributed by atoms with E-state index in [0.717, 1.165) is 24.8 Å². The average Bonchev–Trinajstić information content (AvgIpc) is 2.93. The number of nitrogens with zero attached hydrogens (tertiary/aromatic N) is 2. The van der Waals surface area contributed by atoms with E-state index in [0.29, 0.717) is 37.3 Å². The van der Waals surface area contributed by atoms with Gasteiger partial charge in [0, 0.05) is 37.4 Å². The molecule has 226 valence electrons. The number of amides is 4. The minimum Gasteiger partial charge on any atom is -0.444 e. The molecule has 2 aromatic carbocycles. The van der Waals surface area contributed by atoms with Crippen LogP contribution >= 0.6 is 0 Å². The lowest BCUT2D eigenvalue weighted by Crippen LogP contribution is -2.59. The van der Waals surface area contributed by atoms with Gasteiger partial charge in [-0.2, -0.15) is 0 Å². The van der Waals surface area contributed by atoms with E-state index in [2.05, 4.69) is 10.6 Å². The number of hydrogen-bond donors (Lipinski definition) is 2. The van der Waals surface area contributed by atoms with Crippen molar-refractivity contribution in [2.24, 2.45) is 11.8 Å². The van der Waals surface area contributed by atoms with Crippen molar-refractivity contribution in [1.29, 1.82) is 0 Å². The Bertz CT molecular complexity index is 1290. The Morgan fingerprint density at radius 3 is 2.40 bits per heavy atom. The van der Waals surface area contributed by atoms with Crippen molar-refractivity contribution in [3.8, 4) is 0 Å². The predicted octanol–water partition coefficient (Wildman–Crippen LogP) is 5.26. The van der Waals surface area contributed by atoms with Gasteiger partial charge in [-0.05, 0) is 89.1 Å². The third-order valence-corrected chi connectivity index (χ3v) is 7.69. The quantitative estimate of drug-likeness (QED) is 0.454. The van der Waals surface area contributed by atoms with Crippen LogP contribution in [0.1, 0.15) is 62.9 Å². The highest BCUT2D eigenvalue weighted by molar-refractivity contribution is 5.97. The zero-order valence-corrected chi connectivity index (χ0v) is 24.8. The van der Waals surface area contributed by atoms with E-state index in [4.69, 9.17) is 4.74 Å². The number of ether oxygens (including phenoxy) is 1. The molecule has 0 saturated carbocycles. The summed E-state index contributed by atoms with van der Waals surface area (Å²) >= 11 is 0. The molecule has 0 radical (unpaired) electrons. The number of Topliss-reactive ketones (excluding diaryl/α,β-unsaturated/α-hetero) is 1. The Morgan fingerprint density at radius 1 is 0.976 bits per heavy atom. The fourth-order valence-corrected chi connectivity index (χ4v) is 5.66. The number of rotatable bonds is 6. The average molecular weight is 581 g/mol. The summed E-state index contributed by atoms with van der Waals surface area (Å²) in [5.41, 5.74) is 1.27. The molecule has 3 atom stereocenters. The number of halogens is 1. The van der Waals surface area contributed by atoms with Crippen LogP contribution in [0.25, 0.3) is 0 Å². The van der Waals surface area contributed by atoms with Gasteiger partial charge < -0.3 is 25.2 Å². The molecule has 2 aromatic rings. The molecule has 10 heteroatoms. The highest BCUT2D eigenvalue weighted by atomic mass is 19.1. The lowest BCUT2D eigenvalue weighted by Gasteiger charge is -2.42. The minimum absolute atomic E-state index is 0.0495. The normalized spacial score (nSPS) is 20.9. The topological polar surface area (TPSA) is 108 Å². The summed E-state index contributed by atoms with van der Waals surface area (Å²) in [5.74, 6) is -0.720. The van der Waals surface area contributed by atoms with E-state index < -0.39 is 29.7 Å². The zero-order chi connectivity index (χ0) is 30.4. The maximum absolute atomic E-state index is 13.9. The molecule has 2 heterocycles. The molecule has 9 nitrogen and oxygen atoms in total. The first kappa shape index (κ1) is 31.0. The van der Waals surface area contributed by atoms with E-state index in [1.165, 1.54) is 24.0 Å². The van der Waals surface area contributed by atoms with Crippen LogP contribution in [0.15, 0.2) is 48.5 Å². The largest absolute Gasteiger partial charge is 0.444 e. The Labute approximate surface area is 246 Å². The second-order valence-corrected chi connectivity index (χ2v) is 12.3. The number of ketones is 1. The van der Waals surface area contributed by atoms with Crippen LogP contribution < -0.4 is 10.6 Å². The summed E-state index contributed by atoms with van der Waals surface area (Å²) in [5, 5.41) is 5.68. The van der Waals surface area contributed by atoms with Crippen LogP contribution in [0.2, 0.25) is 0 Å². The summed E-state index contributed by atoms with van der Waals surface area (Å²) in [6, 6.07) is 11.9. The molecule has 0 aliphatic carbocycles. The first-order valence-electron chi connectivity index (χ1n) is 14.6. The molecule has 2 fully saturated rings. The van der Waals surface area contributed by atoms with Crippen LogP contribution in [-0.2, 0) is 16.0 Å². The van der Waals surface area contributed by atoms with Gasteiger partial charge in [-0.3, -0.25) is 9.59 Å². The van der Waals surface area contributed by atoms with Crippen LogP contribution in [0.5, 0.6) is 0 Å². The van der Waals surface area contributed by atoms with Gasteiger partial charge in [0.05, 0.1) is 12.0 Å². The smallest absolute Gasteiger partial charge is 0.410 e. The third-order valence-electron chi connectivity index (χ3n) is 7.69. The van der Waals surface area contributed by atoms with Gasteiger partial charge in [0.25, 0.3) is 0 Å². The monoisotopic (exact) mass is 580 g/mol. The molecule has 0 aromatic heterocycles. The van der Waals surface area contributed by atoms with Crippen molar-refractivity contribution < 1.29 is 28.3 Å².